The van der Waals surface area contributed by atoms with Crippen molar-refractivity contribution in [2.45, 2.75) is 13.3 Å². The lowest BCUT2D eigenvalue weighted by Gasteiger charge is -2.17. The largest absolute Gasteiger partial charge is 0.292 e. The first-order valence-corrected chi connectivity index (χ1v) is 15.0. The fourth-order valence-electron chi connectivity index (χ4n) is 6.62. The number of fused-ring (bicyclic) bond motifs is 9. The Bertz CT molecular complexity index is 2360. The van der Waals surface area contributed by atoms with Gasteiger partial charge >= 0.3 is 0 Å². The minimum absolute atomic E-state index is 0.552. The molecule has 41 heavy (non-hydrogen) atoms. The normalized spacial score (nSPS) is 15.0. The van der Waals surface area contributed by atoms with Crippen molar-refractivity contribution in [1.82, 2.24) is 14.5 Å². The number of hydrogen-bond donors (Lipinski definition) is 0. The highest BCUT2D eigenvalue weighted by molar-refractivity contribution is 7.26. The summed E-state index contributed by atoms with van der Waals surface area (Å²) in [5.41, 5.74) is 8.89. The van der Waals surface area contributed by atoms with Gasteiger partial charge in [0, 0.05) is 36.5 Å². The van der Waals surface area contributed by atoms with Crippen molar-refractivity contribution >= 4 is 70.4 Å². The van der Waals surface area contributed by atoms with Crippen LogP contribution in [0.4, 0.5) is 0 Å². The highest BCUT2D eigenvalue weighted by Crippen LogP contribution is 2.44. The quantitative estimate of drug-likeness (QED) is 0.217. The number of para-hydroxylation sites is 3. The summed E-state index contributed by atoms with van der Waals surface area (Å²) >= 11 is 1.89. The molecule has 1 unspecified atom stereocenters. The van der Waals surface area contributed by atoms with Gasteiger partial charge in [0.15, 0.2) is 5.82 Å². The van der Waals surface area contributed by atoms with Gasteiger partial charge in [-0.3, -0.25) is 4.57 Å². The predicted octanol–water partition coefficient (Wildman–Crippen LogP) is 9.97. The van der Waals surface area contributed by atoms with Gasteiger partial charge in [0.05, 0.1) is 22.1 Å². The number of benzene rings is 5. The average molecular weight is 544 g/mol. The van der Waals surface area contributed by atoms with Gasteiger partial charge in [-0.1, -0.05) is 85.8 Å². The Labute approximate surface area is 241 Å². The topological polar surface area (TPSA) is 30.7 Å². The van der Waals surface area contributed by atoms with Crippen LogP contribution in [-0.2, 0) is 6.42 Å². The Balaban J connectivity index is 1.42. The molecule has 3 nitrogen and oxygen atoms in total. The lowest BCUT2D eigenvalue weighted by atomic mass is 9.88. The van der Waals surface area contributed by atoms with E-state index in [1.165, 1.54) is 42.1 Å². The van der Waals surface area contributed by atoms with Gasteiger partial charge in [-0.2, -0.15) is 0 Å². The van der Waals surface area contributed by atoms with Crippen LogP contribution in [0.1, 0.15) is 18.1 Å². The first-order valence-electron chi connectivity index (χ1n) is 14.1. The van der Waals surface area contributed by atoms with Crippen molar-refractivity contribution in [3.63, 3.8) is 0 Å². The molecular weight excluding hydrogens is 518 g/mol. The first kappa shape index (κ1) is 23.0. The SMILES string of the molecule is CC1C=Cc2ccc3sc4cc5c(cc4c3c2C1)c1ccccc1n5-c1nc2ccccc2nc1-c1ccccc1. The third-order valence-corrected chi connectivity index (χ3v) is 9.63. The Hall–Kier alpha value is -4.80. The Morgan fingerprint density at radius 1 is 0.707 bits per heavy atom. The van der Waals surface area contributed by atoms with Crippen molar-refractivity contribution in [3.8, 4) is 17.1 Å². The molecule has 8 aromatic rings. The van der Waals surface area contributed by atoms with Gasteiger partial charge in [-0.15, -0.1) is 11.3 Å². The first-order chi connectivity index (χ1) is 20.2. The van der Waals surface area contributed by atoms with Crippen LogP contribution in [0.2, 0.25) is 0 Å². The molecule has 0 bridgehead atoms. The molecule has 194 valence electrons. The van der Waals surface area contributed by atoms with Gasteiger partial charge < -0.3 is 0 Å². The summed E-state index contributed by atoms with van der Waals surface area (Å²) < 4.78 is 5.00. The van der Waals surface area contributed by atoms with E-state index in [1.54, 1.807) is 0 Å². The van der Waals surface area contributed by atoms with E-state index in [2.05, 4.69) is 103 Å². The number of rotatable bonds is 2. The van der Waals surface area contributed by atoms with E-state index in [1.807, 2.05) is 35.6 Å². The number of aromatic nitrogens is 3. The van der Waals surface area contributed by atoms with E-state index in [0.717, 1.165) is 45.6 Å². The summed E-state index contributed by atoms with van der Waals surface area (Å²) in [6.07, 6.45) is 5.73. The highest BCUT2D eigenvalue weighted by Gasteiger charge is 2.22. The molecule has 1 aliphatic carbocycles. The second-order valence-corrected chi connectivity index (χ2v) is 12.2. The smallest absolute Gasteiger partial charge is 0.165 e. The third-order valence-electron chi connectivity index (χ3n) is 8.52. The lowest BCUT2D eigenvalue weighted by molar-refractivity contribution is 0.722. The standard InChI is InChI=1S/C37H25N3S/c1-22-15-16-23-17-18-33-35(26(23)19-22)28-20-27-25-11-5-8-14-31(25)40(32(27)21-34(28)41-33)37-36(24-9-3-2-4-10-24)38-29-12-6-7-13-30(29)39-37/h2-18,20-22H,19H2,1H3. The molecule has 3 heterocycles. The van der Waals surface area contributed by atoms with E-state index in [-0.39, 0.29) is 0 Å². The van der Waals surface area contributed by atoms with E-state index >= 15 is 0 Å². The number of hydrogen-bond acceptors (Lipinski definition) is 3. The minimum Gasteiger partial charge on any atom is -0.292 e. The van der Waals surface area contributed by atoms with Gasteiger partial charge in [0.1, 0.15) is 5.69 Å². The van der Waals surface area contributed by atoms with Crippen molar-refractivity contribution in [2.75, 3.05) is 0 Å². The summed E-state index contributed by atoms with van der Waals surface area (Å²) in [6.45, 7) is 2.31. The van der Waals surface area contributed by atoms with Crippen LogP contribution >= 0.6 is 11.3 Å². The molecule has 0 spiro atoms. The second-order valence-electron chi connectivity index (χ2n) is 11.1. The highest BCUT2D eigenvalue weighted by atomic mass is 32.1. The Kier molecular flexibility index (Phi) is 4.81. The molecule has 1 aliphatic rings. The molecule has 3 aromatic heterocycles. The molecule has 0 radical (unpaired) electrons. The van der Waals surface area contributed by atoms with Crippen LogP contribution in [0.5, 0.6) is 0 Å². The summed E-state index contributed by atoms with van der Waals surface area (Å²) in [4.78, 5) is 10.5. The van der Waals surface area contributed by atoms with Crippen molar-refractivity contribution in [1.29, 1.82) is 0 Å². The van der Waals surface area contributed by atoms with Crippen LogP contribution in [0.25, 0.3) is 76.2 Å². The van der Waals surface area contributed by atoms with Gasteiger partial charge in [0.2, 0.25) is 0 Å². The molecule has 0 fully saturated rings. The molecule has 0 aliphatic heterocycles. The Morgan fingerprint density at radius 3 is 2.37 bits per heavy atom. The fourth-order valence-corrected chi connectivity index (χ4v) is 7.77. The summed E-state index contributed by atoms with van der Waals surface area (Å²) in [5, 5.41) is 5.26. The lowest BCUT2D eigenvalue weighted by Crippen LogP contribution is -2.03. The third kappa shape index (κ3) is 3.38. The number of thiophene rings is 1. The maximum atomic E-state index is 5.28. The van der Waals surface area contributed by atoms with Crippen LogP contribution in [0, 0.1) is 5.92 Å². The summed E-state index contributed by atoms with van der Waals surface area (Å²) in [7, 11) is 0. The number of allylic oxidation sites excluding steroid dienone is 1. The molecule has 0 saturated heterocycles. The van der Waals surface area contributed by atoms with Crippen molar-refractivity contribution < 1.29 is 0 Å². The maximum Gasteiger partial charge on any atom is 0.165 e. The van der Waals surface area contributed by atoms with Gasteiger partial charge in [-0.25, -0.2) is 9.97 Å². The van der Waals surface area contributed by atoms with E-state index in [0.29, 0.717) is 5.92 Å². The van der Waals surface area contributed by atoms with E-state index in [9.17, 15) is 0 Å². The van der Waals surface area contributed by atoms with E-state index in [4.69, 9.17) is 9.97 Å². The summed E-state index contributed by atoms with van der Waals surface area (Å²) in [6, 6.07) is 36.7. The number of nitrogens with zero attached hydrogens (tertiary/aromatic N) is 3. The van der Waals surface area contributed by atoms with Gasteiger partial charge in [0.25, 0.3) is 0 Å². The minimum atomic E-state index is 0.552. The summed E-state index contributed by atoms with van der Waals surface area (Å²) in [5.74, 6) is 1.41. The fraction of sp³-hybridized carbons (Fsp3) is 0.0811. The molecular formula is C37H25N3S. The van der Waals surface area contributed by atoms with Crippen molar-refractivity contribution in [2.24, 2.45) is 5.92 Å². The Morgan fingerprint density at radius 2 is 1.49 bits per heavy atom. The molecule has 9 rings (SSSR count). The molecule has 0 saturated carbocycles. The van der Waals surface area contributed by atoms with Crippen LogP contribution < -0.4 is 0 Å². The molecule has 0 N–H and O–H groups in total. The zero-order valence-corrected chi connectivity index (χ0v) is 23.3. The molecule has 1 atom stereocenters. The molecule has 0 amide bonds. The monoisotopic (exact) mass is 543 g/mol. The van der Waals surface area contributed by atoms with Crippen LogP contribution in [0.15, 0.2) is 109 Å². The van der Waals surface area contributed by atoms with E-state index < -0.39 is 0 Å². The van der Waals surface area contributed by atoms with Gasteiger partial charge in [-0.05, 0) is 59.9 Å². The van der Waals surface area contributed by atoms with Crippen LogP contribution in [0.3, 0.4) is 0 Å². The second kappa shape index (κ2) is 8.60. The maximum absolute atomic E-state index is 5.28. The zero-order valence-electron chi connectivity index (χ0n) is 22.5. The molecule has 5 aromatic carbocycles. The molecule has 4 heteroatoms. The van der Waals surface area contributed by atoms with Crippen LogP contribution in [-0.4, -0.2) is 14.5 Å². The van der Waals surface area contributed by atoms with Crippen molar-refractivity contribution in [3.05, 3.63) is 120 Å². The zero-order chi connectivity index (χ0) is 27.1. The average Bonchev–Trinajstić information content (AvgIpc) is 3.54. The predicted molar refractivity (Wildman–Crippen MR) is 174 cm³/mol.